The summed E-state index contributed by atoms with van der Waals surface area (Å²) in [5.74, 6) is 0. The van der Waals surface area contributed by atoms with E-state index in [9.17, 15) is 0 Å². The van der Waals surface area contributed by atoms with Gasteiger partial charge < -0.3 is 5.32 Å². The molecule has 0 fully saturated rings. The van der Waals surface area contributed by atoms with E-state index in [0.717, 1.165) is 22.6 Å². The maximum atomic E-state index is 6.31. The van der Waals surface area contributed by atoms with E-state index in [1.807, 2.05) is 36.4 Å². The van der Waals surface area contributed by atoms with Gasteiger partial charge in [-0.15, -0.1) is 0 Å². The Labute approximate surface area is 141 Å². The van der Waals surface area contributed by atoms with Crippen molar-refractivity contribution < 1.29 is 0 Å². The van der Waals surface area contributed by atoms with E-state index in [0.29, 0.717) is 10.0 Å². The van der Waals surface area contributed by atoms with Crippen LogP contribution in [0.25, 0.3) is 0 Å². The number of rotatable bonds is 5. The van der Waals surface area contributed by atoms with Crippen LogP contribution in [-0.4, -0.2) is 0 Å². The quantitative estimate of drug-likeness (QED) is 0.658. The molecule has 2 aromatic rings. The molecule has 0 aliphatic rings. The first-order valence-corrected chi connectivity index (χ1v) is 8.11. The Morgan fingerprint density at radius 2 is 1.67 bits per heavy atom. The first-order chi connectivity index (χ1) is 10.0. The second-order valence-electron chi connectivity index (χ2n) is 5.04. The van der Waals surface area contributed by atoms with Crippen molar-refractivity contribution in [2.45, 2.75) is 32.4 Å². The summed E-state index contributed by atoms with van der Waals surface area (Å²) >= 11 is 18.5. The van der Waals surface area contributed by atoms with Crippen LogP contribution in [0.3, 0.4) is 0 Å². The van der Waals surface area contributed by atoms with E-state index in [4.69, 9.17) is 34.8 Å². The Hall–Kier alpha value is -0.730. The van der Waals surface area contributed by atoms with Gasteiger partial charge in [-0.1, -0.05) is 66.0 Å². The van der Waals surface area contributed by atoms with Gasteiger partial charge in [-0.2, -0.15) is 0 Å². The lowest BCUT2D eigenvalue weighted by molar-refractivity contribution is 0.456. The Morgan fingerprint density at radius 1 is 0.952 bits per heavy atom. The monoisotopic (exact) mass is 341 g/mol. The van der Waals surface area contributed by atoms with Gasteiger partial charge in [-0.05, 0) is 42.7 Å². The van der Waals surface area contributed by atoms with E-state index in [1.54, 1.807) is 6.07 Å². The van der Waals surface area contributed by atoms with Crippen LogP contribution in [0.15, 0.2) is 42.5 Å². The van der Waals surface area contributed by atoms with Crippen molar-refractivity contribution in [1.29, 1.82) is 0 Å². The van der Waals surface area contributed by atoms with Gasteiger partial charge in [0.25, 0.3) is 0 Å². The number of halogens is 3. The van der Waals surface area contributed by atoms with E-state index >= 15 is 0 Å². The van der Waals surface area contributed by atoms with E-state index in [-0.39, 0.29) is 12.1 Å². The molecule has 2 rings (SSSR count). The average molecular weight is 343 g/mol. The van der Waals surface area contributed by atoms with Gasteiger partial charge in [0.15, 0.2) is 0 Å². The summed E-state index contributed by atoms with van der Waals surface area (Å²) < 4.78 is 0. The van der Waals surface area contributed by atoms with Crippen molar-refractivity contribution >= 4 is 34.8 Å². The number of hydrogen-bond donors (Lipinski definition) is 1. The normalized spacial score (nSPS) is 14.0. The highest BCUT2D eigenvalue weighted by atomic mass is 35.5. The van der Waals surface area contributed by atoms with Crippen molar-refractivity contribution in [2.24, 2.45) is 0 Å². The average Bonchev–Trinajstić information content (AvgIpc) is 2.45. The first kappa shape index (κ1) is 16.6. The molecule has 2 aromatic carbocycles. The maximum Gasteiger partial charge on any atom is 0.0468 e. The highest BCUT2D eigenvalue weighted by Gasteiger charge is 2.17. The Kier molecular flexibility index (Phi) is 5.95. The van der Waals surface area contributed by atoms with E-state index in [1.165, 1.54) is 0 Å². The second kappa shape index (κ2) is 7.51. The molecule has 0 aliphatic heterocycles. The van der Waals surface area contributed by atoms with Gasteiger partial charge >= 0.3 is 0 Å². The lowest BCUT2D eigenvalue weighted by Crippen LogP contribution is -2.24. The summed E-state index contributed by atoms with van der Waals surface area (Å²) in [5, 5.41) is 5.70. The molecular formula is C17H18Cl3N. The molecular weight excluding hydrogens is 325 g/mol. The van der Waals surface area contributed by atoms with Crippen LogP contribution in [-0.2, 0) is 0 Å². The predicted octanol–water partition coefficient (Wildman–Crippen LogP) is 6.45. The molecule has 0 radical (unpaired) electrons. The van der Waals surface area contributed by atoms with Gasteiger partial charge in [0.2, 0.25) is 0 Å². The van der Waals surface area contributed by atoms with Crippen molar-refractivity contribution in [3.8, 4) is 0 Å². The first-order valence-electron chi connectivity index (χ1n) is 6.98. The van der Waals surface area contributed by atoms with Gasteiger partial charge in [-0.25, -0.2) is 0 Å². The molecule has 0 bridgehead atoms. The van der Waals surface area contributed by atoms with Crippen LogP contribution in [0.4, 0.5) is 0 Å². The molecule has 0 amide bonds. The molecule has 0 spiro atoms. The fourth-order valence-electron chi connectivity index (χ4n) is 2.43. The smallest absolute Gasteiger partial charge is 0.0468 e. The third kappa shape index (κ3) is 4.14. The molecule has 0 saturated heterocycles. The summed E-state index contributed by atoms with van der Waals surface area (Å²) in [5.41, 5.74) is 2.14. The molecule has 1 N–H and O–H groups in total. The predicted molar refractivity (Wildman–Crippen MR) is 92.5 cm³/mol. The zero-order valence-corrected chi connectivity index (χ0v) is 14.3. The highest BCUT2D eigenvalue weighted by Crippen LogP contribution is 2.31. The molecule has 0 aromatic heterocycles. The zero-order valence-electron chi connectivity index (χ0n) is 12.0. The number of nitrogens with one attached hydrogen (secondary N) is 1. The number of hydrogen-bond acceptors (Lipinski definition) is 1. The van der Waals surface area contributed by atoms with Crippen LogP contribution in [0.5, 0.6) is 0 Å². The van der Waals surface area contributed by atoms with Gasteiger partial charge in [0, 0.05) is 27.2 Å². The molecule has 1 nitrogen and oxygen atoms in total. The van der Waals surface area contributed by atoms with Crippen molar-refractivity contribution in [3.05, 3.63) is 68.7 Å². The topological polar surface area (TPSA) is 12.0 Å². The van der Waals surface area contributed by atoms with Crippen LogP contribution in [0, 0.1) is 0 Å². The van der Waals surface area contributed by atoms with Gasteiger partial charge in [0.05, 0.1) is 0 Å². The third-order valence-electron chi connectivity index (χ3n) is 3.57. The molecule has 4 heteroatoms. The summed E-state index contributed by atoms with van der Waals surface area (Å²) in [6.45, 7) is 4.23. The summed E-state index contributed by atoms with van der Waals surface area (Å²) in [4.78, 5) is 0. The molecule has 112 valence electrons. The lowest BCUT2D eigenvalue weighted by atomic mass is 10.0. The lowest BCUT2D eigenvalue weighted by Gasteiger charge is -2.24. The maximum absolute atomic E-state index is 6.31. The highest BCUT2D eigenvalue weighted by molar-refractivity contribution is 6.35. The summed E-state index contributed by atoms with van der Waals surface area (Å²) in [6, 6.07) is 13.8. The van der Waals surface area contributed by atoms with Crippen LogP contribution < -0.4 is 5.32 Å². The van der Waals surface area contributed by atoms with Gasteiger partial charge in [0.1, 0.15) is 0 Å². The van der Waals surface area contributed by atoms with Crippen LogP contribution >= 0.6 is 34.8 Å². The fourth-order valence-corrected chi connectivity index (χ4v) is 3.27. The van der Waals surface area contributed by atoms with E-state index < -0.39 is 0 Å². The molecule has 0 aliphatic carbocycles. The molecule has 1 unspecified atom stereocenters. The molecule has 21 heavy (non-hydrogen) atoms. The Bertz CT molecular complexity index is 613. The largest absolute Gasteiger partial charge is 0.303 e. The van der Waals surface area contributed by atoms with Gasteiger partial charge in [-0.3, -0.25) is 0 Å². The van der Waals surface area contributed by atoms with Crippen molar-refractivity contribution in [2.75, 3.05) is 0 Å². The molecule has 0 saturated carbocycles. The SMILES string of the molecule is CCC(N[C@@H](C)c1ccccc1Cl)c1ccc(Cl)cc1Cl. The second-order valence-corrected chi connectivity index (χ2v) is 6.29. The minimum absolute atomic E-state index is 0.135. The molecule has 0 heterocycles. The van der Waals surface area contributed by atoms with Crippen molar-refractivity contribution in [3.63, 3.8) is 0 Å². The minimum atomic E-state index is 0.135. The molecule has 2 atom stereocenters. The third-order valence-corrected chi connectivity index (χ3v) is 4.48. The van der Waals surface area contributed by atoms with Crippen LogP contribution in [0.1, 0.15) is 43.5 Å². The van der Waals surface area contributed by atoms with E-state index in [2.05, 4.69) is 19.2 Å². The summed E-state index contributed by atoms with van der Waals surface area (Å²) in [6.07, 6.45) is 0.927. The Morgan fingerprint density at radius 3 is 2.29 bits per heavy atom. The summed E-state index contributed by atoms with van der Waals surface area (Å²) in [7, 11) is 0. The van der Waals surface area contributed by atoms with Crippen LogP contribution in [0.2, 0.25) is 15.1 Å². The van der Waals surface area contributed by atoms with Crippen molar-refractivity contribution in [1.82, 2.24) is 5.32 Å². The standard InChI is InChI=1S/C17H18Cl3N/c1-3-17(14-9-8-12(18)10-16(14)20)21-11(2)13-6-4-5-7-15(13)19/h4-11,17,21H,3H2,1-2H3/t11-,17?/m0/s1. The Balaban J connectivity index is 2.21. The number of benzene rings is 2. The zero-order chi connectivity index (χ0) is 15.4. The minimum Gasteiger partial charge on any atom is -0.303 e. The fraction of sp³-hybridized carbons (Fsp3) is 0.294.